The lowest BCUT2D eigenvalue weighted by molar-refractivity contribution is -0.134. The van der Waals surface area contributed by atoms with Gasteiger partial charge in [0.1, 0.15) is 50.8 Å². The van der Waals surface area contributed by atoms with Crippen LogP contribution in [0.25, 0.3) is 0 Å². The highest BCUT2D eigenvalue weighted by Gasteiger charge is 2.12. The summed E-state index contributed by atoms with van der Waals surface area (Å²) in [6.07, 6.45) is -5.63. The van der Waals surface area contributed by atoms with Gasteiger partial charge in [0, 0.05) is 12.2 Å². The fourth-order valence-corrected chi connectivity index (χ4v) is 1.09. The van der Waals surface area contributed by atoms with Crippen molar-refractivity contribution < 1.29 is 89.2 Å². The summed E-state index contributed by atoms with van der Waals surface area (Å²) >= 11 is 0. The molecule has 0 rings (SSSR count). The maximum Gasteiger partial charge on any atom is 0.508 e. The van der Waals surface area contributed by atoms with Crippen molar-refractivity contribution in [2.45, 2.75) is 24.4 Å². The molecule has 0 aromatic rings. The zero-order valence-electron chi connectivity index (χ0n) is 18.9. The normalized spacial score (nSPS) is 13.4. The van der Waals surface area contributed by atoms with Crippen LogP contribution >= 0.6 is 0 Å². The van der Waals surface area contributed by atoms with Crippen molar-refractivity contribution in [1.29, 1.82) is 0 Å². The number of carboxylic acids is 2. The van der Waals surface area contributed by atoms with E-state index in [0.29, 0.717) is 12.2 Å². The van der Waals surface area contributed by atoms with E-state index in [2.05, 4.69) is 18.9 Å². The molecule has 0 aliphatic rings. The number of hydrogen-bond acceptors (Lipinski definition) is 16. The van der Waals surface area contributed by atoms with E-state index in [0.717, 1.165) is 0 Å². The fraction of sp³-hybridized carbons (Fsp3) is 0.667. The van der Waals surface area contributed by atoms with Crippen LogP contribution in [0.2, 0.25) is 0 Å². The molecule has 18 nitrogen and oxygen atoms in total. The van der Waals surface area contributed by atoms with Crippen LogP contribution in [0.5, 0.6) is 0 Å². The lowest BCUT2D eigenvalue weighted by Gasteiger charge is -2.10. The highest BCUT2D eigenvalue weighted by atomic mass is 16.7. The van der Waals surface area contributed by atoms with Gasteiger partial charge in [-0.3, -0.25) is 0 Å². The summed E-state index contributed by atoms with van der Waals surface area (Å²) in [6.45, 7) is -3.62. The van der Waals surface area contributed by atoms with E-state index in [-0.39, 0.29) is 26.4 Å². The number of carboxylic acid groups (broad SMARTS) is 2. The van der Waals surface area contributed by atoms with Crippen molar-refractivity contribution in [2.75, 3.05) is 52.9 Å². The van der Waals surface area contributed by atoms with Crippen molar-refractivity contribution in [1.82, 2.24) is 0 Å². The molecule has 0 bridgehead atoms. The largest absolute Gasteiger partial charge is 0.508 e. The van der Waals surface area contributed by atoms with Crippen molar-refractivity contribution >= 4 is 24.2 Å². The molecule has 0 saturated carbocycles. The predicted octanol–water partition coefficient (Wildman–Crippen LogP) is -4.60. The second-order valence-corrected chi connectivity index (χ2v) is 6.10. The van der Waals surface area contributed by atoms with Crippen LogP contribution in [0.15, 0.2) is 12.2 Å². The molecule has 18 heteroatoms. The highest BCUT2D eigenvalue weighted by molar-refractivity contribution is 5.89. The SMILES string of the molecule is O=C(O)/C=C\C(=O)O.O=C(OCC(O)CO)OCC(O)CO.O=C(OCC(O)CO)OCC(O)CO. The van der Waals surface area contributed by atoms with Gasteiger partial charge in [0.15, 0.2) is 0 Å². The Morgan fingerprint density at radius 2 is 0.694 bits per heavy atom. The van der Waals surface area contributed by atoms with E-state index in [9.17, 15) is 19.2 Å². The third-order valence-corrected chi connectivity index (χ3v) is 2.79. The molecule has 0 aliphatic heterocycles. The minimum atomic E-state index is -1.26. The lowest BCUT2D eigenvalue weighted by Crippen LogP contribution is -2.25. The van der Waals surface area contributed by atoms with Gasteiger partial charge in [0.2, 0.25) is 0 Å². The molecule has 0 aromatic heterocycles. The lowest BCUT2D eigenvalue weighted by atomic mass is 10.4. The number of hydrogen-bond donors (Lipinski definition) is 10. The van der Waals surface area contributed by atoms with Crippen LogP contribution in [0.1, 0.15) is 0 Å². The summed E-state index contributed by atoms with van der Waals surface area (Å²) in [5.41, 5.74) is 0. The maximum atomic E-state index is 10.7. The molecule has 212 valence electrons. The third kappa shape index (κ3) is 30.9. The third-order valence-electron chi connectivity index (χ3n) is 2.79. The highest BCUT2D eigenvalue weighted by Crippen LogP contribution is 1.92. The van der Waals surface area contributed by atoms with Gasteiger partial charge in [-0.15, -0.1) is 0 Å². The van der Waals surface area contributed by atoms with Crippen LogP contribution in [-0.4, -0.2) is 153 Å². The average Bonchev–Trinajstić information content (AvgIpc) is 2.86. The van der Waals surface area contributed by atoms with E-state index < -0.39 is 75.1 Å². The van der Waals surface area contributed by atoms with Crippen molar-refractivity contribution in [3.05, 3.63) is 12.2 Å². The number of aliphatic hydroxyl groups is 8. The van der Waals surface area contributed by atoms with Gasteiger partial charge in [-0.1, -0.05) is 0 Å². The molecule has 36 heavy (non-hydrogen) atoms. The Labute approximate surface area is 203 Å². The quantitative estimate of drug-likeness (QED) is 0.0737. The van der Waals surface area contributed by atoms with Gasteiger partial charge in [-0.05, 0) is 0 Å². The molecule has 0 heterocycles. The summed E-state index contributed by atoms with van der Waals surface area (Å²) in [5.74, 6) is -2.51. The number of carbonyl (C=O) groups is 4. The van der Waals surface area contributed by atoms with Crippen LogP contribution in [-0.2, 0) is 28.5 Å². The standard InChI is InChI=1S/2C7H14O7.C4H4O4/c2*8-1-5(10)3-13-7(12)14-4-6(11)2-9;5-3(6)1-2-4(7)8/h2*5-6,8-11H,1-4H2;1-2H,(H,5,6)(H,7,8)/b;;2-1-. The average molecular weight is 536 g/mol. The molecule has 0 amide bonds. The molecule has 0 aromatic carbocycles. The number of ether oxygens (including phenoxy) is 4. The Hall–Kier alpha value is -3.10. The van der Waals surface area contributed by atoms with Crippen LogP contribution in [0.3, 0.4) is 0 Å². The Balaban J connectivity index is -0.000000472. The number of aliphatic carboxylic acids is 2. The van der Waals surface area contributed by atoms with Gasteiger partial charge in [0.25, 0.3) is 0 Å². The summed E-state index contributed by atoms with van der Waals surface area (Å²) in [4.78, 5) is 40.4. The first-order valence-corrected chi connectivity index (χ1v) is 9.71. The second kappa shape index (κ2) is 25.0. The van der Waals surface area contributed by atoms with E-state index in [4.69, 9.17) is 51.1 Å². The summed E-state index contributed by atoms with van der Waals surface area (Å²) in [7, 11) is 0. The van der Waals surface area contributed by atoms with Crippen molar-refractivity contribution in [2.24, 2.45) is 0 Å². The molecule has 10 N–H and O–H groups in total. The fourth-order valence-electron chi connectivity index (χ4n) is 1.09. The summed E-state index contributed by atoms with van der Waals surface area (Å²) in [6, 6.07) is 0. The zero-order valence-corrected chi connectivity index (χ0v) is 18.9. The molecular formula is C18H32O18. The molecule has 0 aliphatic carbocycles. The van der Waals surface area contributed by atoms with E-state index in [1.807, 2.05) is 0 Å². The van der Waals surface area contributed by atoms with Gasteiger partial charge in [-0.25, -0.2) is 19.2 Å². The van der Waals surface area contributed by atoms with E-state index >= 15 is 0 Å². The molecule has 0 fully saturated rings. The number of aliphatic hydroxyl groups excluding tert-OH is 8. The van der Waals surface area contributed by atoms with Crippen LogP contribution in [0.4, 0.5) is 9.59 Å². The monoisotopic (exact) mass is 536 g/mol. The molecule has 4 unspecified atom stereocenters. The molecule has 4 atom stereocenters. The summed E-state index contributed by atoms with van der Waals surface area (Å²) < 4.78 is 17.3. The first-order chi connectivity index (χ1) is 16.8. The van der Waals surface area contributed by atoms with E-state index in [1.165, 1.54) is 0 Å². The zero-order chi connectivity index (χ0) is 28.5. The minimum absolute atomic E-state index is 0.384. The number of carbonyl (C=O) groups excluding carboxylic acids is 2. The Bertz CT molecular complexity index is 539. The van der Waals surface area contributed by atoms with Gasteiger partial charge < -0.3 is 70.0 Å². The first kappa shape index (κ1) is 37.4. The van der Waals surface area contributed by atoms with Crippen LogP contribution in [0, 0.1) is 0 Å². The second-order valence-electron chi connectivity index (χ2n) is 6.10. The van der Waals surface area contributed by atoms with Crippen LogP contribution < -0.4 is 0 Å². The molecule has 0 saturated heterocycles. The summed E-state index contributed by atoms with van der Waals surface area (Å²) in [5, 5.41) is 84.1. The topological polar surface area (TPSA) is 308 Å². The Morgan fingerprint density at radius 1 is 0.500 bits per heavy atom. The van der Waals surface area contributed by atoms with E-state index in [1.54, 1.807) is 0 Å². The van der Waals surface area contributed by atoms with Crippen molar-refractivity contribution in [3.63, 3.8) is 0 Å². The van der Waals surface area contributed by atoms with Gasteiger partial charge in [0.05, 0.1) is 26.4 Å². The first-order valence-electron chi connectivity index (χ1n) is 9.71. The smallest absolute Gasteiger partial charge is 0.478 e. The van der Waals surface area contributed by atoms with Gasteiger partial charge in [-0.2, -0.15) is 0 Å². The Kier molecular flexibility index (Phi) is 26.0. The minimum Gasteiger partial charge on any atom is -0.478 e. The maximum absolute atomic E-state index is 10.7. The predicted molar refractivity (Wildman–Crippen MR) is 111 cm³/mol. The molecule has 0 radical (unpaired) electrons. The van der Waals surface area contributed by atoms with Gasteiger partial charge >= 0.3 is 24.2 Å². The number of rotatable bonds is 14. The van der Waals surface area contributed by atoms with Crippen molar-refractivity contribution in [3.8, 4) is 0 Å². The molecular weight excluding hydrogens is 504 g/mol. The molecule has 0 spiro atoms. The Morgan fingerprint density at radius 3 is 0.833 bits per heavy atom.